The van der Waals surface area contributed by atoms with Crippen molar-refractivity contribution in [2.45, 2.75) is 12.8 Å². The van der Waals surface area contributed by atoms with Gasteiger partial charge in [0.25, 0.3) is 0 Å². The highest BCUT2D eigenvalue weighted by Gasteiger charge is 2.24. The molecule has 0 amide bonds. The molecule has 0 aliphatic carbocycles. The number of halogens is 1. The van der Waals surface area contributed by atoms with Crippen LogP contribution >= 0.6 is 0 Å². The molecule has 2 heterocycles. The Hall–Kier alpha value is -2.82. The first-order valence-corrected chi connectivity index (χ1v) is 7.99. The zero-order valence-corrected chi connectivity index (χ0v) is 13.4. The third-order valence-electron chi connectivity index (χ3n) is 4.33. The van der Waals surface area contributed by atoms with Gasteiger partial charge in [-0.3, -0.25) is 0 Å². The second kappa shape index (κ2) is 6.00. The van der Waals surface area contributed by atoms with Crippen molar-refractivity contribution >= 4 is 5.82 Å². The largest absolute Gasteiger partial charge is 0.494 e. The molecule has 1 aromatic heterocycles. The van der Waals surface area contributed by atoms with E-state index in [0.29, 0.717) is 6.42 Å². The SMILES string of the molecule is COc1ccccc1-n1nc(Cc2ccc(F)cc2)c2c1NCC2. The first-order chi connectivity index (χ1) is 11.8. The van der Waals surface area contributed by atoms with Crippen molar-refractivity contribution < 1.29 is 9.13 Å². The highest BCUT2D eigenvalue weighted by Crippen LogP contribution is 2.33. The number of benzene rings is 2. The minimum absolute atomic E-state index is 0.217. The van der Waals surface area contributed by atoms with Crippen LogP contribution in [0.1, 0.15) is 16.8 Å². The summed E-state index contributed by atoms with van der Waals surface area (Å²) in [5.41, 5.74) is 4.21. The summed E-state index contributed by atoms with van der Waals surface area (Å²) in [7, 11) is 1.66. The van der Waals surface area contributed by atoms with Crippen LogP contribution in [0.4, 0.5) is 10.2 Å². The van der Waals surface area contributed by atoms with Crippen molar-refractivity contribution in [3.63, 3.8) is 0 Å². The first-order valence-electron chi connectivity index (χ1n) is 7.99. The van der Waals surface area contributed by atoms with Gasteiger partial charge in [0.2, 0.25) is 0 Å². The highest BCUT2D eigenvalue weighted by molar-refractivity contribution is 5.60. The van der Waals surface area contributed by atoms with Crippen LogP contribution < -0.4 is 10.1 Å². The highest BCUT2D eigenvalue weighted by atomic mass is 19.1. The first kappa shape index (κ1) is 14.8. The molecule has 0 spiro atoms. The molecule has 122 valence electrons. The van der Waals surface area contributed by atoms with Crippen molar-refractivity contribution in [3.05, 3.63) is 71.2 Å². The Morgan fingerprint density at radius 1 is 1.17 bits per heavy atom. The van der Waals surface area contributed by atoms with Gasteiger partial charge in [-0.1, -0.05) is 24.3 Å². The summed E-state index contributed by atoms with van der Waals surface area (Å²) in [6.45, 7) is 0.902. The fourth-order valence-corrected chi connectivity index (χ4v) is 3.16. The normalized spacial score (nSPS) is 12.8. The zero-order chi connectivity index (χ0) is 16.5. The molecule has 5 heteroatoms. The molecule has 0 saturated carbocycles. The van der Waals surface area contributed by atoms with Crippen LogP contribution in [0.15, 0.2) is 48.5 Å². The third-order valence-corrected chi connectivity index (χ3v) is 4.33. The number of ether oxygens (including phenoxy) is 1. The van der Waals surface area contributed by atoms with Gasteiger partial charge in [0, 0.05) is 18.5 Å². The Labute approximate surface area is 139 Å². The summed E-state index contributed by atoms with van der Waals surface area (Å²) >= 11 is 0. The Morgan fingerprint density at radius 2 is 1.96 bits per heavy atom. The van der Waals surface area contributed by atoms with E-state index in [0.717, 1.165) is 41.5 Å². The summed E-state index contributed by atoms with van der Waals surface area (Å²) < 4.78 is 20.5. The zero-order valence-electron chi connectivity index (χ0n) is 13.4. The van der Waals surface area contributed by atoms with Crippen molar-refractivity contribution in [3.8, 4) is 11.4 Å². The monoisotopic (exact) mass is 323 g/mol. The summed E-state index contributed by atoms with van der Waals surface area (Å²) in [5.74, 6) is 1.59. The lowest BCUT2D eigenvalue weighted by molar-refractivity contribution is 0.412. The predicted molar refractivity (Wildman–Crippen MR) is 91.5 cm³/mol. The molecule has 0 unspecified atom stereocenters. The fourth-order valence-electron chi connectivity index (χ4n) is 3.16. The molecule has 4 rings (SSSR count). The smallest absolute Gasteiger partial charge is 0.144 e. The average Bonchev–Trinajstić information content (AvgIpc) is 3.21. The second-order valence-corrected chi connectivity index (χ2v) is 5.84. The number of rotatable bonds is 4. The van der Waals surface area contributed by atoms with Gasteiger partial charge in [-0.2, -0.15) is 5.10 Å². The number of hydrogen-bond donors (Lipinski definition) is 1. The van der Waals surface area contributed by atoms with Gasteiger partial charge >= 0.3 is 0 Å². The van der Waals surface area contributed by atoms with E-state index < -0.39 is 0 Å². The standard InChI is InChI=1S/C19H18FN3O/c1-24-18-5-3-2-4-17(18)23-19-15(10-11-21-19)16(22-23)12-13-6-8-14(20)9-7-13/h2-9,21H,10-12H2,1H3. The number of nitrogens with one attached hydrogen (secondary N) is 1. The van der Waals surface area contributed by atoms with E-state index in [-0.39, 0.29) is 5.82 Å². The van der Waals surface area contributed by atoms with E-state index >= 15 is 0 Å². The van der Waals surface area contributed by atoms with Crippen molar-refractivity contribution in [1.29, 1.82) is 0 Å². The van der Waals surface area contributed by atoms with E-state index in [2.05, 4.69) is 5.32 Å². The number of nitrogens with zero attached hydrogens (tertiary/aromatic N) is 2. The van der Waals surface area contributed by atoms with Crippen molar-refractivity contribution in [2.75, 3.05) is 19.0 Å². The number of para-hydroxylation sites is 2. The van der Waals surface area contributed by atoms with Crippen molar-refractivity contribution in [1.82, 2.24) is 9.78 Å². The van der Waals surface area contributed by atoms with Crippen LogP contribution in [-0.4, -0.2) is 23.4 Å². The second-order valence-electron chi connectivity index (χ2n) is 5.84. The van der Waals surface area contributed by atoms with Gasteiger partial charge in [-0.15, -0.1) is 0 Å². The molecule has 3 aromatic rings. The van der Waals surface area contributed by atoms with E-state index in [1.54, 1.807) is 7.11 Å². The maximum atomic E-state index is 13.1. The lowest BCUT2D eigenvalue weighted by Gasteiger charge is -2.10. The molecule has 1 aliphatic rings. The third kappa shape index (κ3) is 2.52. The Balaban J connectivity index is 1.76. The van der Waals surface area contributed by atoms with Gasteiger partial charge < -0.3 is 10.1 Å². The van der Waals surface area contributed by atoms with E-state index in [1.165, 1.54) is 17.7 Å². The molecule has 2 aromatic carbocycles. The fraction of sp³-hybridized carbons (Fsp3) is 0.211. The van der Waals surface area contributed by atoms with Crippen LogP contribution in [0.5, 0.6) is 5.75 Å². The van der Waals surface area contributed by atoms with Crippen LogP contribution in [-0.2, 0) is 12.8 Å². The maximum Gasteiger partial charge on any atom is 0.144 e. The Morgan fingerprint density at radius 3 is 2.75 bits per heavy atom. The molecule has 0 saturated heterocycles. The van der Waals surface area contributed by atoms with Gasteiger partial charge in [-0.05, 0) is 36.2 Å². The number of aromatic nitrogens is 2. The lowest BCUT2D eigenvalue weighted by atomic mass is 10.1. The molecular formula is C19H18FN3O. The van der Waals surface area contributed by atoms with Gasteiger partial charge in [0.15, 0.2) is 0 Å². The molecule has 24 heavy (non-hydrogen) atoms. The molecule has 4 nitrogen and oxygen atoms in total. The number of hydrogen-bond acceptors (Lipinski definition) is 3. The molecular weight excluding hydrogens is 305 g/mol. The maximum absolute atomic E-state index is 13.1. The topological polar surface area (TPSA) is 39.1 Å². The molecule has 0 fully saturated rings. The molecule has 1 N–H and O–H groups in total. The van der Waals surface area contributed by atoms with Crippen LogP contribution in [0.25, 0.3) is 5.69 Å². The summed E-state index contributed by atoms with van der Waals surface area (Å²) in [4.78, 5) is 0. The Bertz CT molecular complexity index is 871. The predicted octanol–water partition coefficient (Wildman–Crippen LogP) is 3.58. The number of fused-ring (bicyclic) bond motifs is 1. The summed E-state index contributed by atoms with van der Waals surface area (Å²) in [6.07, 6.45) is 1.63. The lowest BCUT2D eigenvalue weighted by Crippen LogP contribution is -2.06. The number of methoxy groups -OCH3 is 1. The molecule has 0 atom stereocenters. The number of anilines is 1. The summed E-state index contributed by atoms with van der Waals surface area (Å²) in [6, 6.07) is 14.4. The Kier molecular flexibility index (Phi) is 3.69. The van der Waals surface area contributed by atoms with Crippen LogP contribution in [0.3, 0.4) is 0 Å². The minimum Gasteiger partial charge on any atom is -0.494 e. The van der Waals surface area contributed by atoms with E-state index in [1.807, 2.05) is 41.1 Å². The van der Waals surface area contributed by atoms with Crippen LogP contribution in [0, 0.1) is 5.82 Å². The van der Waals surface area contributed by atoms with Gasteiger partial charge in [-0.25, -0.2) is 9.07 Å². The summed E-state index contributed by atoms with van der Waals surface area (Å²) in [5, 5.41) is 8.23. The average molecular weight is 323 g/mol. The minimum atomic E-state index is -0.217. The molecule has 0 bridgehead atoms. The van der Waals surface area contributed by atoms with Crippen LogP contribution in [0.2, 0.25) is 0 Å². The van der Waals surface area contributed by atoms with Crippen molar-refractivity contribution in [2.24, 2.45) is 0 Å². The quantitative estimate of drug-likeness (QED) is 0.798. The van der Waals surface area contributed by atoms with Gasteiger partial charge in [0.1, 0.15) is 23.1 Å². The van der Waals surface area contributed by atoms with Gasteiger partial charge in [0.05, 0.1) is 12.8 Å². The molecule has 1 aliphatic heterocycles. The molecule has 0 radical (unpaired) electrons. The van der Waals surface area contributed by atoms with E-state index in [9.17, 15) is 4.39 Å². The van der Waals surface area contributed by atoms with E-state index in [4.69, 9.17) is 9.84 Å².